The highest BCUT2D eigenvalue weighted by Gasteiger charge is 2.46. The number of fused-ring (bicyclic) bond motifs is 2. The molecule has 1 fully saturated rings. The molecule has 1 aliphatic carbocycles. The molecule has 0 N–H and O–H groups in total. The molecule has 2 amide bonds. The predicted molar refractivity (Wildman–Crippen MR) is 96.3 cm³/mol. The summed E-state index contributed by atoms with van der Waals surface area (Å²) in [6.07, 6.45) is 5.10. The molecule has 26 heavy (non-hydrogen) atoms. The van der Waals surface area contributed by atoms with Gasteiger partial charge in [0, 0.05) is 6.54 Å². The molecular formula is C21H19NO4. The minimum absolute atomic E-state index is 0.00280. The second-order valence-corrected chi connectivity index (χ2v) is 6.72. The maximum Gasteiger partial charge on any atom is 0.312 e. The summed E-state index contributed by atoms with van der Waals surface area (Å²) in [6, 6.07) is 13.2. The first kappa shape index (κ1) is 16.5. The first-order valence-electron chi connectivity index (χ1n) is 8.83. The molecule has 2 aliphatic rings. The molecule has 0 saturated carbocycles. The molecule has 5 nitrogen and oxygen atoms in total. The average molecular weight is 349 g/mol. The number of hydrogen-bond acceptors (Lipinski definition) is 4. The molecule has 1 aliphatic heterocycles. The Bertz CT molecular complexity index is 891. The van der Waals surface area contributed by atoms with E-state index < -0.39 is 5.97 Å². The lowest BCUT2D eigenvalue weighted by Crippen LogP contribution is -2.33. The van der Waals surface area contributed by atoms with Crippen LogP contribution in [0.15, 0.2) is 54.6 Å². The minimum Gasteiger partial charge on any atom is -0.426 e. The van der Waals surface area contributed by atoms with Crippen molar-refractivity contribution in [3.63, 3.8) is 0 Å². The third-order valence-electron chi connectivity index (χ3n) is 5.09. The zero-order valence-corrected chi connectivity index (χ0v) is 14.3. The highest BCUT2D eigenvalue weighted by atomic mass is 16.5. The summed E-state index contributed by atoms with van der Waals surface area (Å²) >= 11 is 0. The van der Waals surface area contributed by atoms with E-state index in [1.807, 2.05) is 42.5 Å². The number of hydrogen-bond donors (Lipinski definition) is 0. The Kier molecular flexibility index (Phi) is 4.29. The maximum atomic E-state index is 12.4. The SMILES string of the molecule is O=C(CCN1C(=O)[C@H]2CC=CC[C@@H]2C1=O)Oc1ccc2ccccc2c1. The van der Waals surface area contributed by atoms with Gasteiger partial charge in [-0.05, 0) is 35.7 Å². The van der Waals surface area contributed by atoms with Crippen molar-refractivity contribution in [1.82, 2.24) is 4.90 Å². The van der Waals surface area contributed by atoms with E-state index in [1.165, 1.54) is 4.90 Å². The van der Waals surface area contributed by atoms with Gasteiger partial charge in [-0.25, -0.2) is 0 Å². The number of benzene rings is 2. The van der Waals surface area contributed by atoms with E-state index in [9.17, 15) is 14.4 Å². The van der Waals surface area contributed by atoms with Crippen LogP contribution in [0.5, 0.6) is 5.75 Å². The van der Waals surface area contributed by atoms with Gasteiger partial charge >= 0.3 is 5.97 Å². The van der Waals surface area contributed by atoms with Crippen LogP contribution in [0.2, 0.25) is 0 Å². The van der Waals surface area contributed by atoms with Gasteiger partial charge in [0.1, 0.15) is 5.75 Å². The van der Waals surface area contributed by atoms with Crippen LogP contribution in [0.25, 0.3) is 10.8 Å². The van der Waals surface area contributed by atoms with E-state index in [0.717, 1.165) is 10.8 Å². The molecule has 0 radical (unpaired) electrons. The van der Waals surface area contributed by atoms with Crippen molar-refractivity contribution < 1.29 is 19.1 Å². The average Bonchev–Trinajstić information content (AvgIpc) is 2.91. The molecule has 132 valence electrons. The van der Waals surface area contributed by atoms with Crippen molar-refractivity contribution in [2.24, 2.45) is 11.8 Å². The van der Waals surface area contributed by atoms with Gasteiger partial charge in [-0.1, -0.05) is 42.5 Å². The largest absolute Gasteiger partial charge is 0.426 e. The molecule has 2 aromatic carbocycles. The van der Waals surface area contributed by atoms with Crippen molar-refractivity contribution in [2.45, 2.75) is 19.3 Å². The Morgan fingerprint density at radius 3 is 2.31 bits per heavy atom. The lowest BCUT2D eigenvalue weighted by molar-refractivity contribution is -0.141. The third-order valence-corrected chi connectivity index (χ3v) is 5.09. The van der Waals surface area contributed by atoms with Crippen molar-refractivity contribution in [3.05, 3.63) is 54.6 Å². The number of likely N-dealkylation sites (tertiary alicyclic amines) is 1. The number of amides is 2. The second-order valence-electron chi connectivity index (χ2n) is 6.72. The lowest BCUT2D eigenvalue weighted by atomic mass is 9.85. The van der Waals surface area contributed by atoms with Crippen LogP contribution < -0.4 is 4.74 Å². The van der Waals surface area contributed by atoms with Crippen LogP contribution in [0.3, 0.4) is 0 Å². The van der Waals surface area contributed by atoms with Crippen LogP contribution in [0.1, 0.15) is 19.3 Å². The minimum atomic E-state index is -0.450. The monoisotopic (exact) mass is 349 g/mol. The number of rotatable bonds is 4. The molecule has 1 heterocycles. The van der Waals surface area contributed by atoms with E-state index in [0.29, 0.717) is 18.6 Å². The predicted octanol–water partition coefficient (Wildman–Crippen LogP) is 3.09. The van der Waals surface area contributed by atoms with Crippen LogP contribution in [0.4, 0.5) is 0 Å². The molecule has 0 spiro atoms. The smallest absolute Gasteiger partial charge is 0.312 e. The zero-order valence-electron chi connectivity index (χ0n) is 14.3. The van der Waals surface area contributed by atoms with Crippen molar-refractivity contribution in [2.75, 3.05) is 6.54 Å². The fourth-order valence-electron chi connectivity index (χ4n) is 3.71. The zero-order chi connectivity index (χ0) is 18.1. The Balaban J connectivity index is 1.37. The molecule has 0 aromatic heterocycles. The number of allylic oxidation sites excluding steroid dienone is 2. The molecule has 2 atom stereocenters. The normalized spacial score (nSPS) is 21.9. The van der Waals surface area contributed by atoms with Crippen LogP contribution in [-0.2, 0) is 14.4 Å². The number of nitrogens with zero attached hydrogens (tertiary/aromatic N) is 1. The summed E-state index contributed by atoms with van der Waals surface area (Å²) in [5.74, 6) is -0.835. The summed E-state index contributed by atoms with van der Waals surface area (Å²) in [5, 5.41) is 2.05. The maximum absolute atomic E-state index is 12.4. The Hall–Kier alpha value is -2.95. The molecule has 4 rings (SSSR count). The summed E-state index contributed by atoms with van der Waals surface area (Å²) in [6.45, 7) is 0.0804. The van der Waals surface area contributed by atoms with Gasteiger partial charge in [0.05, 0.1) is 18.3 Å². The van der Waals surface area contributed by atoms with Gasteiger partial charge < -0.3 is 4.74 Å². The van der Waals surface area contributed by atoms with E-state index in [-0.39, 0.29) is 36.6 Å². The number of carbonyl (C=O) groups is 3. The van der Waals surface area contributed by atoms with Crippen molar-refractivity contribution in [1.29, 1.82) is 0 Å². The summed E-state index contributed by atoms with van der Waals surface area (Å²) in [5.41, 5.74) is 0. The van der Waals surface area contributed by atoms with E-state index in [1.54, 1.807) is 12.1 Å². The Morgan fingerprint density at radius 1 is 0.962 bits per heavy atom. The quantitative estimate of drug-likeness (QED) is 0.368. The van der Waals surface area contributed by atoms with Gasteiger partial charge in [-0.3, -0.25) is 19.3 Å². The molecule has 1 saturated heterocycles. The molecule has 5 heteroatoms. The third kappa shape index (κ3) is 3.01. The topological polar surface area (TPSA) is 63.7 Å². The summed E-state index contributed by atoms with van der Waals surface area (Å²) in [7, 11) is 0. The number of imide groups is 1. The standard InChI is InChI=1S/C21H19NO4/c23-19(26-16-10-9-14-5-1-2-6-15(14)13-16)11-12-22-20(24)17-7-3-4-8-18(17)21(22)25/h1-6,9-10,13,17-18H,7-8,11-12H2/t17-,18-/m0/s1. The van der Waals surface area contributed by atoms with E-state index in [4.69, 9.17) is 4.74 Å². The van der Waals surface area contributed by atoms with Gasteiger partial charge in [0.2, 0.25) is 11.8 Å². The van der Waals surface area contributed by atoms with E-state index >= 15 is 0 Å². The van der Waals surface area contributed by atoms with Crippen LogP contribution in [0, 0.1) is 11.8 Å². The van der Waals surface area contributed by atoms with Gasteiger partial charge in [-0.2, -0.15) is 0 Å². The van der Waals surface area contributed by atoms with E-state index in [2.05, 4.69) is 0 Å². The fourth-order valence-corrected chi connectivity index (χ4v) is 3.71. The van der Waals surface area contributed by atoms with Gasteiger partial charge in [0.25, 0.3) is 0 Å². The highest BCUT2D eigenvalue weighted by molar-refractivity contribution is 6.05. The van der Waals surface area contributed by atoms with Gasteiger partial charge in [-0.15, -0.1) is 0 Å². The summed E-state index contributed by atoms with van der Waals surface area (Å²) in [4.78, 5) is 38.1. The molecule has 0 unspecified atom stereocenters. The van der Waals surface area contributed by atoms with Crippen molar-refractivity contribution >= 4 is 28.6 Å². The number of ether oxygens (including phenoxy) is 1. The molecule has 0 bridgehead atoms. The summed E-state index contributed by atoms with van der Waals surface area (Å²) < 4.78 is 5.37. The Morgan fingerprint density at radius 2 is 1.62 bits per heavy atom. The number of carbonyl (C=O) groups excluding carboxylic acids is 3. The van der Waals surface area contributed by atoms with Gasteiger partial charge in [0.15, 0.2) is 0 Å². The molecular weight excluding hydrogens is 330 g/mol. The second kappa shape index (κ2) is 6.75. The first-order chi connectivity index (χ1) is 12.6. The van der Waals surface area contributed by atoms with Crippen LogP contribution in [-0.4, -0.2) is 29.2 Å². The van der Waals surface area contributed by atoms with Crippen molar-refractivity contribution in [3.8, 4) is 5.75 Å². The van der Waals surface area contributed by atoms with Crippen LogP contribution >= 0.6 is 0 Å². The molecule has 2 aromatic rings. The Labute approximate surface area is 151 Å². The highest BCUT2D eigenvalue weighted by Crippen LogP contribution is 2.35. The first-order valence-corrected chi connectivity index (χ1v) is 8.83. The number of esters is 1. The lowest BCUT2D eigenvalue weighted by Gasteiger charge is -2.14. The fraction of sp³-hybridized carbons (Fsp3) is 0.286.